The maximum Gasteiger partial charge on any atom is 0.0319 e. The molecule has 0 aliphatic carbocycles. The fourth-order valence-electron chi connectivity index (χ4n) is 0. The van der Waals surface area contributed by atoms with Gasteiger partial charge < -0.3 is 5.11 Å². The van der Waals surface area contributed by atoms with E-state index >= 15 is 0 Å². The van der Waals surface area contributed by atoms with Crippen LogP contribution in [0.25, 0.3) is 0 Å². The highest BCUT2D eigenvalue weighted by Gasteiger charge is 1.35. The molecule has 2 heteroatoms. The van der Waals surface area contributed by atoms with Gasteiger partial charge in [0.2, 0.25) is 0 Å². The van der Waals surface area contributed by atoms with Crippen molar-refractivity contribution in [2.75, 3.05) is 12.9 Å². The average molecular weight is 94.2 g/mol. The van der Waals surface area contributed by atoms with Gasteiger partial charge in [-0.25, -0.2) is 0 Å². The molecule has 0 atom stereocenters. The van der Waals surface area contributed by atoms with Crippen molar-refractivity contribution >= 4 is 12.6 Å². The van der Waals surface area contributed by atoms with E-state index in [4.69, 9.17) is 5.11 Å². The summed E-state index contributed by atoms with van der Waals surface area (Å²) in [5.74, 6) is 0.944. The van der Waals surface area contributed by atoms with Crippen molar-refractivity contribution in [3.05, 3.63) is 0 Å². The molecule has 0 fully saturated rings. The summed E-state index contributed by atoms with van der Waals surface area (Å²) in [6, 6.07) is 0. The molecule has 0 bridgehead atoms. The molecule has 0 spiro atoms. The lowest BCUT2D eigenvalue weighted by Crippen LogP contribution is -1.36. The van der Waals surface area contributed by atoms with E-state index in [1.807, 2.05) is 6.92 Å². The lowest BCUT2D eigenvalue weighted by atomic mass is 11.0. The summed E-state index contributed by atoms with van der Waals surface area (Å²) in [5, 5.41) is 7.00. The third kappa shape index (κ3) is 239. The molecular weight excluding hydrogens is 84.1 g/mol. The largest absolute Gasteiger partial charge is 0.400 e. The topological polar surface area (TPSA) is 20.2 Å². The predicted molar refractivity (Wildman–Crippen MR) is 27.7 cm³/mol. The van der Waals surface area contributed by atoms with Gasteiger partial charge in [0.1, 0.15) is 0 Å². The van der Waals surface area contributed by atoms with Gasteiger partial charge in [0.15, 0.2) is 0 Å². The van der Waals surface area contributed by atoms with E-state index in [1.54, 1.807) is 0 Å². The zero-order valence-corrected chi connectivity index (χ0v) is 4.50. The summed E-state index contributed by atoms with van der Waals surface area (Å²) >= 11 is 3.79. The highest BCUT2D eigenvalue weighted by atomic mass is 32.1. The quantitative estimate of drug-likeness (QED) is 0.420. The first-order valence-electron chi connectivity index (χ1n) is 1.47. The van der Waals surface area contributed by atoms with Crippen LogP contribution >= 0.6 is 12.6 Å². The normalized spacial score (nSPS) is 4.80. The van der Waals surface area contributed by atoms with Crippen LogP contribution in [0.1, 0.15) is 6.92 Å². The molecular formula is C3H10OS. The second kappa shape index (κ2) is 27.5. The summed E-state index contributed by atoms with van der Waals surface area (Å²) in [7, 11) is 1.00. The van der Waals surface area contributed by atoms with Crippen LogP contribution in [0, 0.1) is 0 Å². The van der Waals surface area contributed by atoms with E-state index in [9.17, 15) is 0 Å². The van der Waals surface area contributed by atoms with Gasteiger partial charge in [-0.1, -0.05) is 6.92 Å². The fraction of sp³-hybridized carbons (Fsp3) is 1.00. The molecule has 0 aromatic heterocycles. The molecule has 34 valence electrons. The van der Waals surface area contributed by atoms with Gasteiger partial charge >= 0.3 is 0 Å². The third-order valence-electron chi connectivity index (χ3n) is 0. The van der Waals surface area contributed by atoms with Crippen molar-refractivity contribution in [3.63, 3.8) is 0 Å². The van der Waals surface area contributed by atoms with E-state index in [2.05, 4.69) is 12.6 Å². The van der Waals surface area contributed by atoms with Crippen molar-refractivity contribution in [3.8, 4) is 0 Å². The SMILES string of the molecule is CCS.CO. The Balaban J connectivity index is 0. The Morgan fingerprint density at radius 1 is 1.60 bits per heavy atom. The molecule has 1 nitrogen and oxygen atoms in total. The van der Waals surface area contributed by atoms with Crippen LogP contribution in [0.15, 0.2) is 0 Å². The Hall–Kier alpha value is 0.310. The van der Waals surface area contributed by atoms with E-state index in [1.165, 1.54) is 0 Å². The number of aliphatic hydroxyl groups excluding tert-OH is 1. The lowest BCUT2D eigenvalue weighted by molar-refractivity contribution is 0.399. The first kappa shape index (κ1) is 9.00. The Bertz CT molecular complexity index is 6.85. The van der Waals surface area contributed by atoms with E-state index in [0.29, 0.717) is 0 Å². The standard InChI is InChI=1S/C2H6S.CH4O/c1-2-3;1-2/h3H,2H2,1H3;2H,1H3. The second-order valence-electron chi connectivity index (χ2n) is 0.316. The lowest BCUT2D eigenvalue weighted by Gasteiger charge is -1.48. The molecule has 0 aromatic rings. The monoisotopic (exact) mass is 94.0 g/mol. The number of hydrogen-bond donors (Lipinski definition) is 2. The Morgan fingerprint density at radius 2 is 1.60 bits per heavy atom. The highest BCUT2D eigenvalue weighted by molar-refractivity contribution is 7.80. The van der Waals surface area contributed by atoms with Crippen LogP contribution in [0.5, 0.6) is 0 Å². The minimum absolute atomic E-state index is 0.944. The molecule has 5 heavy (non-hydrogen) atoms. The van der Waals surface area contributed by atoms with Crippen molar-refractivity contribution < 1.29 is 5.11 Å². The molecule has 0 unspecified atom stereocenters. The van der Waals surface area contributed by atoms with Crippen LogP contribution in [-0.2, 0) is 0 Å². The number of hydrogen-bond acceptors (Lipinski definition) is 2. The van der Waals surface area contributed by atoms with Gasteiger partial charge in [-0.2, -0.15) is 12.6 Å². The van der Waals surface area contributed by atoms with Crippen LogP contribution in [-0.4, -0.2) is 18.0 Å². The predicted octanol–water partition coefficient (Wildman–Crippen LogP) is 0.545. The molecule has 0 radical (unpaired) electrons. The van der Waals surface area contributed by atoms with Crippen molar-refractivity contribution in [1.82, 2.24) is 0 Å². The summed E-state index contributed by atoms with van der Waals surface area (Å²) in [4.78, 5) is 0. The molecule has 0 aliphatic rings. The molecule has 0 saturated heterocycles. The number of thiol groups is 1. The van der Waals surface area contributed by atoms with Crippen molar-refractivity contribution in [1.29, 1.82) is 0 Å². The minimum Gasteiger partial charge on any atom is -0.400 e. The summed E-state index contributed by atoms with van der Waals surface area (Å²) in [6.07, 6.45) is 0. The molecule has 0 saturated carbocycles. The number of aliphatic hydroxyl groups is 1. The van der Waals surface area contributed by atoms with Crippen LogP contribution < -0.4 is 0 Å². The first-order chi connectivity index (χ1) is 2.41. The number of rotatable bonds is 0. The molecule has 0 aromatic carbocycles. The van der Waals surface area contributed by atoms with E-state index < -0.39 is 0 Å². The van der Waals surface area contributed by atoms with Crippen molar-refractivity contribution in [2.24, 2.45) is 0 Å². The first-order valence-corrected chi connectivity index (χ1v) is 2.10. The average Bonchev–Trinajstić information content (AvgIpc) is 1.46. The summed E-state index contributed by atoms with van der Waals surface area (Å²) < 4.78 is 0. The third-order valence-corrected chi connectivity index (χ3v) is 0. The van der Waals surface area contributed by atoms with Gasteiger partial charge in [0.05, 0.1) is 0 Å². The van der Waals surface area contributed by atoms with Gasteiger partial charge in [-0.05, 0) is 5.75 Å². The van der Waals surface area contributed by atoms with Crippen LogP contribution in [0.3, 0.4) is 0 Å². The van der Waals surface area contributed by atoms with E-state index in [0.717, 1.165) is 12.9 Å². The Kier molecular flexibility index (Phi) is 49.5. The van der Waals surface area contributed by atoms with Gasteiger partial charge in [0, 0.05) is 7.11 Å². The highest BCUT2D eigenvalue weighted by Crippen LogP contribution is 1.58. The Labute approximate surface area is 38.4 Å². The Morgan fingerprint density at radius 3 is 1.60 bits per heavy atom. The van der Waals surface area contributed by atoms with E-state index in [-0.39, 0.29) is 0 Å². The maximum atomic E-state index is 7.00. The molecule has 0 amide bonds. The van der Waals surface area contributed by atoms with Gasteiger partial charge in [-0.3, -0.25) is 0 Å². The summed E-state index contributed by atoms with van der Waals surface area (Å²) in [5.41, 5.74) is 0. The second-order valence-corrected chi connectivity index (χ2v) is 0.949. The molecule has 0 aliphatic heterocycles. The van der Waals surface area contributed by atoms with Crippen LogP contribution in [0.2, 0.25) is 0 Å². The summed E-state index contributed by atoms with van der Waals surface area (Å²) in [6.45, 7) is 1.99. The zero-order valence-electron chi connectivity index (χ0n) is 3.60. The molecule has 0 rings (SSSR count). The fourth-order valence-corrected chi connectivity index (χ4v) is 0. The minimum atomic E-state index is 0.944. The smallest absolute Gasteiger partial charge is 0.0319 e. The maximum absolute atomic E-state index is 7.00. The van der Waals surface area contributed by atoms with Gasteiger partial charge in [0.25, 0.3) is 0 Å². The molecule has 1 N–H and O–H groups in total. The van der Waals surface area contributed by atoms with Crippen molar-refractivity contribution in [2.45, 2.75) is 6.92 Å². The van der Waals surface area contributed by atoms with Gasteiger partial charge in [-0.15, -0.1) is 0 Å². The van der Waals surface area contributed by atoms with Crippen LogP contribution in [0.4, 0.5) is 0 Å². The zero-order chi connectivity index (χ0) is 4.71. The molecule has 0 heterocycles.